The Balaban J connectivity index is 2.39. The van der Waals surface area contributed by atoms with Gasteiger partial charge in [0.05, 0.1) is 6.61 Å². The number of aliphatic hydroxyl groups excluding tert-OH is 1. The third kappa shape index (κ3) is 2.77. The van der Waals surface area contributed by atoms with Crippen LogP contribution in [0.3, 0.4) is 0 Å². The Morgan fingerprint density at radius 1 is 1.50 bits per heavy atom. The van der Waals surface area contributed by atoms with Crippen LogP contribution in [0.15, 0.2) is 39.1 Å². The summed E-state index contributed by atoms with van der Waals surface area (Å²) < 4.78 is 13.4. The fourth-order valence-electron chi connectivity index (χ4n) is 1.49. The Morgan fingerprint density at radius 2 is 2.28 bits per heavy atom. The molecule has 0 spiro atoms. The summed E-state index contributed by atoms with van der Waals surface area (Å²) in [4.78, 5) is 18.5. The van der Waals surface area contributed by atoms with Crippen molar-refractivity contribution in [3.8, 4) is 0 Å². The second-order valence-corrected chi connectivity index (χ2v) is 4.70. The van der Waals surface area contributed by atoms with Gasteiger partial charge in [-0.3, -0.25) is 4.79 Å². The van der Waals surface area contributed by atoms with Crippen LogP contribution in [0.4, 0.5) is 4.39 Å². The summed E-state index contributed by atoms with van der Waals surface area (Å²) in [6, 6.07) is 5.87. The number of nitrogens with zero attached hydrogens (tertiary/aromatic N) is 1. The van der Waals surface area contributed by atoms with Crippen LogP contribution in [0.5, 0.6) is 0 Å². The molecule has 1 aromatic heterocycles. The zero-order valence-corrected chi connectivity index (χ0v) is 10.4. The summed E-state index contributed by atoms with van der Waals surface area (Å²) in [5.41, 5.74) is 0.529. The maximum Gasteiger partial charge on any atom is 0.251 e. The molecule has 0 fully saturated rings. The van der Waals surface area contributed by atoms with E-state index in [2.05, 4.69) is 9.97 Å². The van der Waals surface area contributed by atoms with Crippen molar-refractivity contribution < 1.29 is 9.50 Å². The first-order chi connectivity index (χ1) is 8.60. The molecule has 2 rings (SSSR count). The van der Waals surface area contributed by atoms with Crippen molar-refractivity contribution in [3.63, 3.8) is 0 Å². The van der Waals surface area contributed by atoms with Gasteiger partial charge in [0.1, 0.15) is 5.82 Å². The maximum absolute atomic E-state index is 13.4. The summed E-state index contributed by atoms with van der Waals surface area (Å²) in [5.74, 6) is -0.475. The molecule has 0 aliphatic carbocycles. The molecule has 1 heterocycles. The van der Waals surface area contributed by atoms with E-state index in [9.17, 15) is 9.18 Å². The number of halogens is 1. The van der Waals surface area contributed by atoms with Crippen molar-refractivity contribution in [3.05, 3.63) is 51.7 Å². The van der Waals surface area contributed by atoms with Gasteiger partial charge in [0, 0.05) is 22.2 Å². The molecule has 1 aromatic carbocycles. The molecule has 0 unspecified atom stereocenters. The number of aromatic nitrogens is 2. The van der Waals surface area contributed by atoms with Crippen molar-refractivity contribution in [2.45, 2.75) is 23.6 Å². The molecule has 0 aliphatic rings. The molecule has 0 saturated carbocycles. The van der Waals surface area contributed by atoms with Gasteiger partial charge in [-0.1, -0.05) is 17.8 Å². The first kappa shape index (κ1) is 12.8. The number of H-pyrrole nitrogens is 1. The smallest absolute Gasteiger partial charge is 0.251 e. The van der Waals surface area contributed by atoms with Gasteiger partial charge in [0.15, 0.2) is 5.16 Å². The Hall–Kier alpha value is -1.66. The highest BCUT2D eigenvalue weighted by atomic mass is 32.2. The van der Waals surface area contributed by atoms with Crippen LogP contribution >= 0.6 is 11.8 Å². The topological polar surface area (TPSA) is 66.0 Å². The molecule has 0 radical (unpaired) electrons. The van der Waals surface area contributed by atoms with Crippen molar-refractivity contribution >= 4 is 11.8 Å². The van der Waals surface area contributed by atoms with Crippen LogP contribution in [0.25, 0.3) is 0 Å². The lowest BCUT2D eigenvalue weighted by molar-refractivity contribution is 0.272. The number of aromatic amines is 1. The standard InChI is InChI=1S/C12H11FN2O2S/c1-7-5-11(17)15-12(14-7)18-10-4-2-3-9(13)8(10)6-16/h2-5,16H,6H2,1H3,(H,14,15,17). The first-order valence-electron chi connectivity index (χ1n) is 5.24. The molecule has 0 bridgehead atoms. The molecule has 6 heteroatoms. The monoisotopic (exact) mass is 266 g/mol. The number of rotatable bonds is 3. The second kappa shape index (κ2) is 5.32. The van der Waals surface area contributed by atoms with Crippen LogP contribution in [0.2, 0.25) is 0 Å². The molecule has 0 saturated heterocycles. The van der Waals surface area contributed by atoms with E-state index in [0.717, 1.165) is 11.8 Å². The number of benzene rings is 1. The van der Waals surface area contributed by atoms with E-state index in [1.807, 2.05) is 0 Å². The first-order valence-corrected chi connectivity index (χ1v) is 6.06. The van der Waals surface area contributed by atoms with Crippen molar-refractivity contribution in [2.75, 3.05) is 0 Å². The van der Waals surface area contributed by atoms with E-state index in [1.165, 1.54) is 12.1 Å². The average molecular weight is 266 g/mol. The van der Waals surface area contributed by atoms with Gasteiger partial charge in [-0.15, -0.1) is 0 Å². The zero-order valence-electron chi connectivity index (χ0n) is 9.61. The van der Waals surface area contributed by atoms with Gasteiger partial charge in [0.2, 0.25) is 0 Å². The molecule has 4 nitrogen and oxygen atoms in total. The Labute approximate surface area is 107 Å². The van der Waals surface area contributed by atoms with Gasteiger partial charge < -0.3 is 10.1 Å². The summed E-state index contributed by atoms with van der Waals surface area (Å²) >= 11 is 1.11. The third-order valence-electron chi connectivity index (χ3n) is 2.29. The van der Waals surface area contributed by atoms with Crippen molar-refractivity contribution in [2.24, 2.45) is 0 Å². The molecule has 0 amide bonds. The third-order valence-corrected chi connectivity index (χ3v) is 3.28. The number of hydrogen-bond donors (Lipinski definition) is 2. The zero-order chi connectivity index (χ0) is 13.1. The number of hydrogen-bond acceptors (Lipinski definition) is 4. The highest BCUT2D eigenvalue weighted by Crippen LogP contribution is 2.29. The fraction of sp³-hybridized carbons (Fsp3) is 0.167. The van der Waals surface area contributed by atoms with Gasteiger partial charge in [0.25, 0.3) is 5.56 Å². The molecule has 2 N–H and O–H groups in total. The Bertz CT molecular complexity index is 628. The van der Waals surface area contributed by atoms with Crippen LogP contribution < -0.4 is 5.56 Å². The number of nitrogens with one attached hydrogen (secondary N) is 1. The predicted octanol–water partition coefficient (Wildman–Crippen LogP) is 1.86. The molecule has 2 aromatic rings. The Morgan fingerprint density at radius 3 is 2.94 bits per heavy atom. The lowest BCUT2D eigenvalue weighted by atomic mass is 10.2. The minimum atomic E-state index is -0.475. The summed E-state index contributed by atoms with van der Waals surface area (Å²) in [6.45, 7) is 1.31. The van der Waals surface area contributed by atoms with Gasteiger partial charge in [-0.05, 0) is 19.1 Å². The minimum absolute atomic E-state index is 0.201. The summed E-state index contributed by atoms with van der Waals surface area (Å²) in [6.07, 6.45) is 0. The molecule has 94 valence electrons. The second-order valence-electron chi connectivity index (χ2n) is 3.67. The van der Waals surface area contributed by atoms with Crippen LogP contribution in [-0.4, -0.2) is 15.1 Å². The molecule has 0 aliphatic heterocycles. The molecular formula is C12H11FN2O2S. The van der Waals surface area contributed by atoms with E-state index in [1.54, 1.807) is 19.1 Å². The largest absolute Gasteiger partial charge is 0.392 e. The predicted molar refractivity (Wildman–Crippen MR) is 66.0 cm³/mol. The molecule has 0 atom stereocenters. The van der Waals surface area contributed by atoms with Gasteiger partial charge >= 0.3 is 0 Å². The maximum atomic E-state index is 13.4. The summed E-state index contributed by atoms with van der Waals surface area (Å²) in [7, 11) is 0. The van der Waals surface area contributed by atoms with Crippen LogP contribution in [0, 0.1) is 12.7 Å². The summed E-state index contributed by atoms with van der Waals surface area (Å²) in [5, 5.41) is 9.52. The normalized spacial score (nSPS) is 10.6. The van der Waals surface area contributed by atoms with Crippen molar-refractivity contribution in [1.82, 2.24) is 9.97 Å². The number of aliphatic hydroxyl groups is 1. The lowest BCUT2D eigenvalue weighted by Gasteiger charge is -2.07. The fourth-order valence-corrected chi connectivity index (χ4v) is 2.47. The van der Waals surface area contributed by atoms with Crippen molar-refractivity contribution in [1.29, 1.82) is 0 Å². The minimum Gasteiger partial charge on any atom is -0.392 e. The highest BCUT2D eigenvalue weighted by molar-refractivity contribution is 7.99. The van der Waals surface area contributed by atoms with E-state index in [4.69, 9.17) is 5.11 Å². The van der Waals surface area contributed by atoms with Crippen LogP contribution in [0.1, 0.15) is 11.3 Å². The SMILES string of the molecule is Cc1cc(=O)[nH]c(Sc2cccc(F)c2CO)n1. The van der Waals surface area contributed by atoms with E-state index < -0.39 is 12.4 Å². The van der Waals surface area contributed by atoms with Gasteiger partial charge in [-0.25, -0.2) is 9.37 Å². The molecular weight excluding hydrogens is 255 g/mol. The highest BCUT2D eigenvalue weighted by Gasteiger charge is 2.10. The number of aryl methyl sites for hydroxylation is 1. The lowest BCUT2D eigenvalue weighted by Crippen LogP contribution is -2.08. The van der Waals surface area contributed by atoms with E-state index in [-0.39, 0.29) is 11.1 Å². The van der Waals surface area contributed by atoms with Crippen LogP contribution in [-0.2, 0) is 6.61 Å². The van der Waals surface area contributed by atoms with E-state index in [0.29, 0.717) is 15.7 Å². The van der Waals surface area contributed by atoms with Gasteiger partial charge in [-0.2, -0.15) is 0 Å². The average Bonchev–Trinajstić information content (AvgIpc) is 2.27. The van der Waals surface area contributed by atoms with E-state index >= 15 is 0 Å². The Kier molecular flexibility index (Phi) is 3.78. The quantitative estimate of drug-likeness (QED) is 0.832. The molecule has 18 heavy (non-hydrogen) atoms.